The summed E-state index contributed by atoms with van der Waals surface area (Å²) < 4.78 is 5.97. The molecule has 2 aliphatic heterocycles. The SMILES string of the molecule is CN1CCC(C2(O)c3cc(Cl)ccc3OCc3cccnc32)CC1. The van der Waals surface area contributed by atoms with E-state index in [2.05, 4.69) is 16.9 Å². The molecule has 4 rings (SSSR count). The van der Waals surface area contributed by atoms with Crippen molar-refractivity contribution in [2.75, 3.05) is 20.1 Å². The summed E-state index contributed by atoms with van der Waals surface area (Å²) in [6.45, 7) is 2.34. The van der Waals surface area contributed by atoms with Crippen molar-refractivity contribution in [1.29, 1.82) is 0 Å². The first kappa shape index (κ1) is 15.9. The number of halogens is 1. The third kappa shape index (κ3) is 2.50. The monoisotopic (exact) mass is 344 g/mol. The van der Waals surface area contributed by atoms with E-state index in [1.165, 1.54) is 0 Å². The van der Waals surface area contributed by atoms with Crippen LogP contribution in [0.2, 0.25) is 5.02 Å². The fraction of sp³-hybridized carbons (Fsp3) is 0.421. The maximum atomic E-state index is 12.0. The van der Waals surface area contributed by atoms with Crippen molar-refractivity contribution in [3.8, 4) is 5.75 Å². The van der Waals surface area contributed by atoms with Gasteiger partial charge < -0.3 is 14.7 Å². The molecule has 0 amide bonds. The van der Waals surface area contributed by atoms with Crippen LogP contribution in [0.1, 0.15) is 29.7 Å². The van der Waals surface area contributed by atoms with Crippen LogP contribution in [0.5, 0.6) is 5.75 Å². The second kappa shape index (κ2) is 6.03. The molecule has 24 heavy (non-hydrogen) atoms. The van der Waals surface area contributed by atoms with Gasteiger partial charge in [-0.15, -0.1) is 0 Å². The lowest BCUT2D eigenvalue weighted by Gasteiger charge is -2.40. The molecule has 1 N–H and O–H groups in total. The fourth-order valence-electron chi connectivity index (χ4n) is 3.95. The standard InChI is InChI=1S/C19H21ClN2O2/c1-22-9-6-14(7-10-22)19(23)16-11-15(20)4-5-17(16)24-12-13-3-2-8-21-18(13)19/h2-5,8,11,14,23H,6-7,9-10,12H2,1H3. The molecule has 1 fully saturated rings. The Morgan fingerprint density at radius 2 is 2.08 bits per heavy atom. The molecule has 1 saturated heterocycles. The Balaban J connectivity index is 1.91. The van der Waals surface area contributed by atoms with Crippen LogP contribution in [0.3, 0.4) is 0 Å². The highest BCUT2D eigenvalue weighted by Crippen LogP contribution is 2.48. The van der Waals surface area contributed by atoms with E-state index in [0.29, 0.717) is 23.1 Å². The van der Waals surface area contributed by atoms with Gasteiger partial charge in [0.1, 0.15) is 18.0 Å². The third-order valence-electron chi connectivity index (χ3n) is 5.30. The number of hydrogen-bond donors (Lipinski definition) is 1. The Bertz CT molecular complexity index is 759. The number of fused-ring (bicyclic) bond motifs is 2. The molecule has 3 heterocycles. The average Bonchev–Trinajstić information content (AvgIpc) is 2.72. The van der Waals surface area contributed by atoms with Crippen LogP contribution in [0.15, 0.2) is 36.5 Å². The topological polar surface area (TPSA) is 45.6 Å². The lowest BCUT2D eigenvalue weighted by Crippen LogP contribution is -2.44. The normalized spacial score (nSPS) is 24.6. The van der Waals surface area contributed by atoms with E-state index in [4.69, 9.17) is 16.3 Å². The minimum absolute atomic E-state index is 0.0845. The van der Waals surface area contributed by atoms with Crippen LogP contribution in [0.25, 0.3) is 0 Å². The first-order chi connectivity index (χ1) is 11.6. The molecular weight excluding hydrogens is 324 g/mol. The minimum atomic E-state index is -1.17. The number of aliphatic hydroxyl groups is 1. The van der Waals surface area contributed by atoms with Crippen molar-refractivity contribution in [2.45, 2.75) is 25.0 Å². The molecule has 4 nitrogen and oxygen atoms in total. The van der Waals surface area contributed by atoms with E-state index < -0.39 is 5.60 Å². The van der Waals surface area contributed by atoms with Crippen LogP contribution < -0.4 is 4.74 Å². The van der Waals surface area contributed by atoms with Crippen LogP contribution >= 0.6 is 11.6 Å². The predicted octanol–water partition coefficient (Wildman–Crippen LogP) is 3.21. The van der Waals surface area contributed by atoms with Crippen LogP contribution in [-0.4, -0.2) is 35.1 Å². The molecule has 1 aromatic carbocycles. The lowest BCUT2D eigenvalue weighted by molar-refractivity contribution is -0.0146. The van der Waals surface area contributed by atoms with Gasteiger partial charge in [0.15, 0.2) is 0 Å². The Labute approximate surface area is 147 Å². The fourth-order valence-corrected chi connectivity index (χ4v) is 4.12. The molecule has 0 aliphatic carbocycles. The molecule has 0 radical (unpaired) electrons. The first-order valence-electron chi connectivity index (χ1n) is 8.37. The van der Waals surface area contributed by atoms with E-state index >= 15 is 0 Å². The molecule has 126 valence electrons. The molecular formula is C19H21ClN2O2. The Hall–Kier alpha value is -1.62. The van der Waals surface area contributed by atoms with Gasteiger partial charge in [0.2, 0.25) is 0 Å². The molecule has 1 aromatic heterocycles. The van der Waals surface area contributed by atoms with Crippen molar-refractivity contribution in [1.82, 2.24) is 9.88 Å². The highest BCUT2D eigenvalue weighted by Gasteiger charge is 2.46. The van der Waals surface area contributed by atoms with Crippen LogP contribution in [0.4, 0.5) is 0 Å². The van der Waals surface area contributed by atoms with Gasteiger partial charge >= 0.3 is 0 Å². The number of pyridine rings is 1. The van der Waals surface area contributed by atoms with Crippen molar-refractivity contribution >= 4 is 11.6 Å². The van der Waals surface area contributed by atoms with Gasteiger partial charge in [-0.3, -0.25) is 4.98 Å². The highest BCUT2D eigenvalue weighted by molar-refractivity contribution is 6.30. The van der Waals surface area contributed by atoms with Gasteiger partial charge in [0, 0.05) is 28.3 Å². The first-order valence-corrected chi connectivity index (χ1v) is 8.75. The van der Waals surface area contributed by atoms with Gasteiger partial charge in [-0.2, -0.15) is 0 Å². The summed E-state index contributed by atoms with van der Waals surface area (Å²) in [7, 11) is 2.12. The molecule has 0 spiro atoms. The second-order valence-corrected chi connectivity index (χ2v) is 7.22. The van der Waals surface area contributed by atoms with Crippen molar-refractivity contribution < 1.29 is 9.84 Å². The summed E-state index contributed by atoms with van der Waals surface area (Å²) in [5.41, 5.74) is 1.21. The third-order valence-corrected chi connectivity index (χ3v) is 5.53. The summed E-state index contributed by atoms with van der Waals surface area (Å²) in [5.74, 6) is 0.778. The van der Waals surface area contributed by atoms with E-state index in [-0.39, 0.29) is 5.92 Å². The van der Waals surface area contributed by atoms with Gasteiger partial charge in [0.05, 0.1) is 5.69 Å². The van der Waals surface area contributed by atoms with Crippen molar-refractivity contribution in [3.05, 3.63) is 58.4 Å². The smallest absolute Gasteiger partial charge is 0.138 e. The minimum Gasteiger partial charge on any atom is -0.488 e. The number of piperidine rings is 1. The summed E-state index contributed by atoms with van der Waals surface area (Å²) in [4.78, 5) is 6.87. The lowest BCUT2D eigenvalue weighted by atomic mass is 9.73. The average molecular weight is 345 g/mol. The zero-order chi connectivity index (χ0) is 16.7. The zero-order valence-electron chi connectivity index (χ0n) is 13.7. The van der Waals surface area contributed by atoms with E-state index in [9.17, 15) is 5.11 Å². The number of likely N-dealkylation sites (tertiary alicyclic amines) is 1. The molecule has 1 unspecified atom stereocenters. The van der Waals surface area contributed by atoms with Gasteiger partial charge in [-0.25, -0.2) is 0 Å². The molecule has 1 atom stereocenters. The number of rotatable bonds is 1. The summed E-state index contributed by atoms with van der Waals surface area (Å²) in [5, 5.41) is 12.6. The molecule has 0 bridgehead atoms. The van der Waals surface area contributed by atoms with Crippen LogP contribution in [-0.2, 0) is 12.2 Å². The van der Waals surface area contributed by atoms with E-state index in [0.717, 1.165) is 37.1 Å². The number of hydrogen-bond acceptors (Lipinski definition) is 4. The largest absolute Gasteiger partial charge is 0.488 e. The molecule has 5 heteroatoms. The Kier molecular flexibility index (Phi) is 3.99. The Morgan fingerprint density at radius 1 is 1.29 bits per heavy atom. The van der Waals surface area contributed by atoms with Crippen molar-refractivity contribution in [2.24, 2.45) is 5.92 Å². The number of nitrogens with zero attached hydrogens (tertiary/aromatic N) is 2. The number of ether oxygens (including phenoxy) is 1. The summed E-state index contributed by atoms with van der Waals surface area (Å²) in [6.07, 6.45) is 3.57. The number of benzene rings is 1. The quantitative estimate of drug-likeness (QED) is 0.863. The molecule has 0 saturated carbocycles. The van der Waals surface area contributed by atoms with Gasteiger partial charge in [-0.1, -0.05) is 17.7 Å². The maximum absolute atomic E-state index is 12.0. The second-order valence-electron chi connectivity index (χ2n) is 6.78. The van der Waals surface area contributed by atoms with Gasteiger partial charge in [0.25, 0.3) is 0 Å². The Morgan fingerprint density at radius 3 is 2.88 bits per heavy atom. The molecule has 2 aromatic rings. The van der Waals surface area contributed by atoms with Crippen molar-refractivity contribution in [3.63, 3.8) is 0 Å². The van der Waals surface area contributed by atoms with E-state index in [1.54, 1.807) is 12.3 Å². The number of aromatic nitrogens is 1. The highest BCUT2D eigenvalue weighted by atomic mass is 35.5. The van der Waals surface area contributed by atoms with Crippen LogP contribution in [0, 0.1) is 5.92 Å². The summed E-state index contributed by atoms with van der Waals surface area (Å²) in [6, 6.07) is 9.36. The maximum Gasteiger partial charge on any atom is 0.138 e. The molecule has 2 aliphatic rings. The summed E-state index contributed by atoms with van der Waals surface area (Å²) >= 11 is 6.25. The van der Waals surface area contributed by atoms with E-state index in [1.807, 2.05) is 24.3 Å². The zero-order valence-corrected chi connectivity index (χ0v) is 14.5. The predicted molar refractivity (Wildman–Crippen MR) is 93.2 cm³/mol. The van der Waals surface area contributed by atoms with Gasteiger partial charge in [-0.05, 0) is 57.2 Å².